The van der Waals surface area contributed by atoms with Crippen LogP contribution in [0.2, 0.25) is 0 Å². The van der Waals surface area contributed by atoms with Gasteiger partial charge in [-0.1, -0.05) is 35.5 Å². The fourth-order valence-corrected chi connectivity index (χ4v) is 1.88. The first-order chi connectivity index (χ1) is 10.7. The Labute approximate surface area is 128 Å². The molecule has 0 aliphatic rings. The molecule has 0 aliphatic carbocycles. The molecule has 0 unspecified atom stereocenters. The lowest BCUT2D eigenvalue weighted by atomic mass is 10.2. The molecular weight excluding hydrogens is 284 g/mol. The maximum atomic E-state index is 11.9. The number of aromatic nitrogens is 3. The Hall–Kier alpha value is -2.70. The van der Waals surface area contributed by atoms with E-state index in [0.717, 1.165) is 5.56 Å². The Bertz CT molecular complexity index is 625. The number of ether oxygens (including phenoxy) is 1. The summed E-state index contributed by atoms with van der Waals surface area (Å²) < 4.78 is 6.13. The number of hydrogen-bond acceptors (Lipinski definition) is 5. The zero-order chi connectivity index (χ0) is 15.8. The van der Waals surface area contributed by atoms with Crippen LogP contribution in [0.1, 0.15) is 28.9 Å². The zero-order valence-corrected chi connectivity index (χ0v) is 12.4. The van der Waals surface area contributed by atoms with Crippen molar-refractivity contribution in [1.29, 1.82) is 0 Å². The van der Waals surface area contributed by atoms with Crippen molar-refractivity contribution in [2.24, 2.45) is 0 Å². The standard InChI is InChI=1S/C15H18N4O3/c1-22-14(20)8-5-9-16-15(21)13-11-19(18-17-13)10-12-6-3-2-4-7-12/h2-4,6-7,11H,5,8-10H2,1H3,(H,16,21). The Morgan fingerprint density at radius 1 is 1.27 bits per heavy atom. The van der Waals surface area contributed by atoms with E-state index in [1.54, 1.807) is 10.9 Å². The van der Waals surface area contributed by atoms with Crippen LogP contribution in [0.4, 0.5) is 0 Å². The van der Waals surface area contributed by atoms with Crippen molar-refractivity contribution in [2.75, 3.05) is 13.7 Å². The smallest absolute Gasteiger partial charge is 0.305 e. The van der Waals surface area contributed by atoms with E-state index in [0.29, 0.717) is 19.5 Å². The molecule has 0 spiro atoms. The summed E-state index contributed by atoms with van der Waals surface area (Å²) in [6.07, 6.45) is 2.40. The number of carbonyl (C=O) groups excluding carboxylic acids is 2. The summed E-state index contributed by atoms with van der Waals surface area (Å²) in [4.78, 5) is 22.8. The quantitative estimate of drug-likeness (QED) is 0.609. The van der Waals surface area contributed by atoms with Gasteiger partial charge >= 0.3 is 5.97 Å². The molecule has 1 heterocycles. The minimum Gasteiger partial charge on any atom is -0.469 e. The molecule has 116 valence electrons. The predicted molar refractivity (Wildman–Crippen MR) is 79.1 cm³/mol. The van der Waals surface area contributed by atoms with Crippen molar-refractivity contribution < 1.29 is 14.3 Å². The molecular formula is C15H18N4O3. The van der Waals surface area contributed by atoms with E-state index in [2.05, 4.69) is 20.4 Å². The molecule has 0 bridgehead atoms. The molecule has 1 amide bonds. The number of methoxy groups -OCH3 is 1. The zero-order valence-electron chi connectivity index (χ0n) is 12.4. The van der Waals surface area contributed by atoms with Gasteiger partial charge in [0.1, 0.15) is 0 Å². The fraction of sp³-hybridized carbons (Fsp3) is 0.333. The van der Waals surface area contributed by atoms with Gasteiger partial charge in [0.25, 0.3) is 5.91 Å². The van der Waals surface area contributed by atoms with Crippen molar-refractivity contribution in [2.45, 2.75) is 19.4 Å². The van der Waals surface area contributed by atoms with Gasteiger partial charge in [0, 0.05) is 13.0 Å². The topological polar surface area (TPSA) is 86.1 Å². The number of hydrogen-bond donors (Lipinski definition) is 1. The van der Waals surface area contributed by atoms with Gasteiger partial charge in [0.2, 0.25) is 0 Å². The van der Waals surface area contributed by atoms with E-state index in [-0.39, 0.29) is 24.0 Å². The van der Waals surface area contributed by atoms with Gasteiger partial charge in [0.05, 0.1) is 19.9 Å². The van der Waals surface area contributed by atoms with Crippen LogP contribution in [0.3, 0.4) is 0 Å². The van der Waals surface area contributed by atoms with Crippen LogP contribution in [0.5, 0.6) is 0 Å². The number of esters is 1. The molecule has 0 fully saturated rings. The third-order valence-corrected chi connectivity index (χ3v) is 3.03. The van der Waals surface area contributed by atoms with Crippen LogP contribution in [0.25, 0.3) is 0 Å². The van der Waals surface area contributed by atoms with Gasteiger partial charge in [-0.25, -0.2) is 4.68 Å². The van der Waals surface area contributed by atoms with Gasteiger partial charge in [-0.3, -0.25) is 9.59 Å². The third-order valence-electron chi connectivity index (χ3n) is 3.03. The summed E-state index contributed by atoms with van der Waals surface area (Å²) in [6, 6.07) is 9.79. The molecule has 1 aromatic heterocycles. The molecule has 2 aromatic rings. The van der Waals surface area contributed by atoms with E-state index in [4.69, 9.17) is 0 Å². The van der Waals surface area contributed by atoms with Crippen LogP contribution in [0.15, 0.2) is 36.5 Å². The minimum atomic E-state index is -0.302. The maximum Gasteiger partial charge on any atom is 0.305 e. The maximum absolute atomic E-state index is 11.9. The molecule has 2 rings (SSSR count). The van der Waals surface area contributed by atoms with Crippen LogP contribution >= 0.6 is 0 Å². The minimum absolute atomic E-state index is 0.258. The van der Waals surface area contributed by atoms with Crippen molar-refractivity contribution in [3.63, 3.8) is 0 Å². The molecule has 0 radical (unpaired) electrons. The van der Waals surface area contributed by atoms with Gasteiger partial charge in [-0.15, -0.1) is 5.10 Å². The van der Waals surface area contributed by atoms with Gasteiger partial charge < -0.3 is 10.1 Å². The van der Waals surface area contributed by atoms with Crippen LogP contribution < -0.4 is 5.32 Å². The molecule has 0 saturated heterocycles. The molecule has 7 nitrogen and oxygen atoms in total. The van der Waals surface area contributed by atoms with E-state index >= 15 is 0 Å². The summed E-state index contributed by atoms with van der Waals surface area (Å²) in [5, 5.41) is 10.5. The monoisotopic (exact) mass is 302 g/mol. The first-order valence-electron chi connectivity index (χ1n) is 6.98. The number of rotatable bonds is 7. The summed E-state index contributed by atoms with van der Waals surface area (Å²) in [5.74, 6) is -0.591. The number of nitrogens with one attached hydrogen (secondary N) is 1. The van der Waals surface area contributed by atoms with Crippen molar-refractivity contribution >= 4 is 11.9 Å². The summed E-state index contributed by atoms with van der Waals surface area (Å²) >= 11 is 0. The fourth-order valence-electron chi connectivity index (χ4n) is 1.88. The Morgan fingerprint density at radius 3 is 2.77 bits per heavy atom. The van der Waals surface area contributed by atoms with Crippen LogP contribution in [-0.4, -0.2) is 40.5 Å². The van der Waals surface area contributed by atoms with Gasteiger partial charge in [-0.2, -0.15) is 0 Å². The third kappa shape index (κ3) is 4.69. The van der Waals surface area contributed by atoms with Crippen molar-refractivity contribution in [3.8, 4) is 0 Å². The highest BCUT2D eigenvalue weighted by molar-refractivity contribution is 5.91. The second-order valence-electron chi connectivity index (χ2n) is 4.72. The molecule has 7 heteroatoms. The first-order valence-corrected chi connectivity index (χ1v) is 6.98. The Morgan fingerprint density at radius 2 is 2.05 bits per heavy atom. The first kappa shape index (κ1) is 15.7. The second kappa shape index (κ2) is 7.92. The lowest BCUT2D eigenvalue weighted by Crippen LogP contribution is -2.25. The average Bonchev–Trinajstić information content (AvgIpc) is 3.00. The molecule has 1 aromatic carbocycles. The summed E-state index contributed by atoms with van der Waals surface area (Å²) in [7, 11) is 1.34. The highest BCUT2D eigenvalue weighted by atomic mass is 16.5. The molecule has 1 N–H and O–H groups in total. The largest absolute Gasteiger partial charge is 0.469 e. The molecule has 0 saturated carbocycles. The number of benzene rings is 1. The van der Waals surface area contributed by atoms with Crippen molar-refractivity contribution in [1.82, 2.24) is 20.3 Å². The summed E-state index contributed by atoms with van der Waals surface area (Å²) in [6.45, 7) is 0.947. The van der Waals surface area contributed by atoms with E-state index in [1.165, 1.54) is 7.11 Å². The van der Waals surface area contributed by atoms with Gasteiger partial charge in [0.15, 0.2) is 5.69 Å². The highest BCUT2D eigenvalue weighted by Crippen LogP contribution is 2.02. The average molecular weight is 302 g/mol. The SMILES string of the molecule is COC(=O)CCCNC(=O)c1cn(Cc2ccccc2)nn1. The normalized spacial score (nSPS) is 10.2. The number of carbonyl (C=O) groups is 2. The number of nitrogens with zero attached hydrogens (tertiary/aromatic N) is 3. The molecule has 0 atom stereocenters. The van der Waals surface area contributed by atoms with E-state index < -0.39 is 0 Å². The highest BCUT2D eigenvalue weighted by Gasteiger charge is 2.10. The van der Waals surface area contributed by atoms with Crippen molar-refractivity contribution in [3.05, 3.63) is 47.8 Å². The predicted octanol–water partition coefficient (Wildman–Crippen LogP) is 1.01. The lowest BCUT2D eigenvalue weighted by Gasteiger charge is -2.02. The van der Waals surface area contributed by atoms with Gasteiger partial charge in [-0.05, 0) is 12.0 Å². The Kier molecular flexibility index (Phi) is 5.65. The number of amides is 1. The Balaban J connectivity index is 1.80. The van der Waals surface area contributed by atoms with Crippen LogP contribution in [0, 0.1) is 0 Å². The van der Waals surface area contributed by atoms with Crippen LogP contribution in [-0.2, 0) is 16.1 Å². The molecule has 22 heavy (non-hydrogen) atoms. The second-order valence-corrected chi connectivity index (χ2v) is 4.72. The van der Waals surface area contributed by atoms with E-state index in [9.17, 15) is 9.59 Å². The molecule has 0 aliphatic heterocycles. The van der Waals surface area contributed by atoms with E-state index in [1.807, 2.05) is 30.3 Å². The lowest BCUT2D eigenvalue weighted by molar-refractivity contribution is -0.140. The summed E-state index contributed by atoms with van der Waals surface area (Å²) in [5.41, 5.74) is 1.34.